The molecule has 8 heteroatoms. The van der Waals surface area contributed by atoms with Crippen LogP contribution in [0.5, 0.6) is 5.75 Å². The quantitative estimate of drug-likeness (QED) is 0.778. The standard InChI is InChI=1S/C12H11NO5S2/c14-10-3-1-8(2-4-10)6-13-20(17,18)11-5-9(7-19-11)12(15)16/h1-5,7,13-14H,6H2,(H,15,16). The molecule has 2 aromatic rings. The fourth-order valence-corrected chi connectivity index (χ4v) is 3.65. The average Bonchev–Trinajstić information content (AvgIpc) is 2.89. The van der Waals surface area contributed by atoms with Crippen LogP contribution >= 0.6 is 11.3 Å². The number of aromatic carboxylic acids is 1. The van der Waals surface area contributed by atoms with Crippen molar-refractivity contribution in [3.8, 4) is 5.75 Å². The lowest BCUT2D eigenvalue weighted by Gasteiger charge is -2.04. The smallest absolute Gasteiger partial charge is 0.336 e. The first-order chi connectivity index (χ1) is 9.38. The molecule has 0 saturated heterocycles. The molecule has 1 heterocycles. The summed E-state index contributed by atoms with van der Waals surface area (Å²) in [5, 5.41) is 19.2. The first kappa shape index (κ1) is 14.5. The molecule has 0 radical (unpaired) electrons. The van der Waals surface area contributed by atoms with Gasteiger partial charge in [-0.15, -0.1) is 11.3 Å². The molecular formula is C12H11NO5S2. The van der Waals surface area contributed by atoms with E-state index in [4.69, 9.17) is 10.2 Å². The minimum Gasteiger partial charge on any atom is -0.508 e. The van der Waals surface area contributed by atoms with E-state index < -0.39 is 16.0 Å². The summed E-state index contributed by atoms with van der Waals surface area (Å²) in [5.41, 5.74) is 0.626. The Hall–Kier alpha value is -1.90. The molecule has 1 aromatic carbocycles. The molecule has 0 atom stereocenters. The van der Waals surface area contributed by atoms with Gasteiger partial charge in [0.1, 0.15) is 9.96 Å². The van der Waals surface area contributed by atoms with Gasteiger partial charge in [-0.05, 0) is 23.8 Å². The van der Waals surface area contributed by atoms with Crippen LogP contribution in [-0.4, -0.2) is 24.6 Å². The van der Waals surface area contributed by atoms with Crippen molar-refractivity contribution in [1.29, 1.82) is 0 Å². The van der Waals surface area contributed by atoms with Crippen molar-refractivity contribution in [2.24, 2.45) is 0 Å². The van der Waals surface area contributed by atoms with Gasteiger partial charge in [0.25, 0.3) is 0 Å². The second-order valence-electron chi connectivity index (χ2n) is 3.95. The molecule has 20 heavy (non-hydrogen) atoms. The number of hydrogen-bond acceptors (Lipinski definition) is 5. The van der Waals surface area contributed by atoms with Gasteiger partial charge in [0.05, 0.1) is 5.56 Å². The van der Waals surface area contributed by atoms with Crippen molar-refractivity contribution in [2.45, 2.75) is 10.8 Å². The Morgan fingerprint density at radius 3 is 2.45 bits per heavy atom. The average molecular weight is 313 g/mol. The summed E-state index contributed by atoms with van der Waals surface area (Å²) >= 11 is 0.851. The largest absolute Gasteiger partial charge is 0.508 e. The summed E-state index contributed by atoms with van der Waals surface area (Å²) in [7, 11) is -3.74. The number of thiophene rings is 1. The molecule has 0 amide bonds. The number of carboxylic acids is 1. The Morgan fingerprint density at radius 1 is 1.25 bits per heavy atom. The van der Waals surface area contributed by atoms with Gasteiger partial charge in [0, 0.05) is 11.9 Å². The monoisotopic (exact) mass is 313 g/mol. The molecule has 0 spiro atoms. The summed E-state index contributed by atoms with van der Waals surface area (Å²) in [5.74, 6) is -1.07. The number of benzene rings is 1. The number of phenols is 1. The second-order valence-corrected chi connectivity index (χ2v) is 6.86. The van der Waals surface area contributed by atoms with Crippen molar-refractivity contribution < 1.29 is 23.4 Å². The summed E-state index contributed by atoms with van der Waals surface area (Å²) in [6.07, 6.45) is 0. The minimum atomic E-state index is -3.74. The second kappa shape index (κ2) is 5.61. The molecule has 0 fully saturated rings. The van der Waals surface area contributed by atoms with Crippen molar-refractivity contribution in [1.82, 2.24) is 4.72 Å². The molecule has 0 saturated carbocycles. The Morgan fingerprint density at radius 2 is 1.90 bits per heavy atom. The van der Waals surface area contributed by atoms with Crippen molar-refractivity contribution in [2.75, 3.05) is 0 Å². The molecule has 0 unspecified atom stereocenters. The molecule has 0 bridgehead atoms. The van der Waals surface area contributed by atoms with E-state index in [2.05, 4.69) is 4.72 Å². The number of carboxylic acid groups (broad SMARTS) is 1. The van der Waals surface area contributed by atoms with E-state index in [0.717, 1.165) is 17.4 Å². The normalized spacial score (nSPS) is 11.4. The Bertz CT molecular complexity index is 719. The van der Waals surface area contributed by atoms with Crippen LogP contribution in [0.2, 0.25) is 0 Å². The van der Waals surface area contributed by atoms with Crippen molar-refractivity contribution >= 4 is 27.3 Å². The third kappa shape index (κ3) is 3.35. The topological polar surface area (TPSA) is 104 Å². The lowest BCUT2D eigenvalue weighted by molar-refractivity contribution is 0.0697. The fraction of sp³-hybridized carbons (Fsp3) is 0.0833. The molecule has 0 aliphatic rings. The SMILES string of the molecule is O=C(O)c1csc(S(=O)(=O)NCc2ccc(O)cc2)c1. The predicted octanol–water partition coefficient (Wildman–Crippen LogP) is 1.63. The van der Waals surface area contributed by atoms with E-state index in [9.17, 15) is 13.2 Å². The van der Waals surface area contributed by atoms with Crippen LogP contribution in [0.3, 0.4) is 0 Å². The number of sulfonamides is 1. The highest BCUT2D eigenvalue weighted by molar-refractivity contribution is 7.91. The molecular weight excluding hydrogens is 302 g/mol. The van der Waals surface area contributed by atoms with Crippen molar-refractivity contribution in [3.05, 3.63) is 46.8 Å². The van der Waals surface area contributed by atoms with Gasteiger partial charge < -0.3 is 10.2 Å². The lowest BCUT2D eigenvalue weighted by atomic mass is 10.2. The molecule has 3 N–H and O–H groups in total. The maximum absolute atomic E-state index is 12.0. The number of aromatic hydroxyl groups is 1. The first-order valence-electron chi connectivity index (χ1n) is 5.48. The Kier molecular flexibility index (Phi) is 4.07. The highest BCUT2D eigenvalue weighted by Crippen LogP contribution is 2.20. The molecule has 106 valence electrons. The highest BCUT2D eigenvalue weighted by Gasteiger charge is 2.18. The van der Waals surface area contributed by atoms with Crippen LogP contribution < -0.4 is 4.72 Å². The number of rotatable bonds is 5. The number of phenolic OH excluding ortho intramolecular Hbond substituents is 1. The summed E-state index contributed by atoms with van der Waals surface area (Å²) in [4.78, 5) is 10.7. The maximum atomic E-state index is 12.0. The van der Waals surface area contributed by atoms with E-state index in [1.54, 1.807) is 12.1 Å². The van der Waals surface area contributed by atoms with E-state index in [-0.39, 0.29) is 22.1 Å². The zero-order chi connectivity index (χ0) is 14.8. The number of nitrogens with one attached hydrogen (secondary N) is 1. The Labute approximate surface area is 119 Å². The third-order valence-electron chi connectivity index (χ3n) is 2.49. The zero-order valence-corrected chi connectivity index (χ0v) is 11.7. The lowest BCUT2D eigenvalue weighted by Crippen LogP contribution is -2.22. The van der Waals surface area contributed by atoms with Gasteiger partial charge in [-0.25, -0.2) is 17.9 Å². The first-order valence-corrected chi connectivity index (χ1v) is 7.84. The maximum Gasteiger partial charge on any atom is 0.336 e. The zero-order valence-electron chi connectivity index (χ0n) is 10.1. The van der Waals surface area contributed by atoms with Gasteiger partial charge >= 0.3 is 5.97 Å². The number of carbonyl (C=O) groups is 1. The molecule has 0 aliphatic carbocycles. The van der Waals surface area contributed by atoms with Crippen LogP contribution in [0.15, 0.2) is 39.9 Å². The van der Waals surface area contributed by atoms with Crippen LogP contribution in [0.25, 0.3) is 0 Å². The van der Waals surface area contributed by atoms with Crippen LogP contribution in [0, 0.1) is 0 Å². The third-order valence-corrected chi connectivity index (χ3v) is 5.33. The van der Waals surface area contributed by atoms with Crippen LogP contribution in [0.4, 0.5) is 0 Å². The van der Waals surface area contributed by atoms with E-state index >= 15 is 0 Å². The van der Waals surface area contributed by atoms with Crippen molar-refractivity contribution in [3.63, 3.8) is 0 Å². The Balaban J connectivity index is 2.10. The van der Waals surface area contributed by atoms with Gasteiger partial charge in [0.2, 0.25) is 10.0 Å². The highest BCUT2D eigenvalue weighted by atomic mass is 32.2. The number of hydrogen-bond donors (Lipinski definition) is 3. The van der Waals surface area contributed by atoms with Crippen LogP contribution in [0.1, 0.15) is 15.9 Å². The molecule has 0 aliphatic heterocycles. The van der Waals surface area contributed by atoms with E-state index in [0.29, 0.717) is 5.56 Å². The van der Waals surface area contributed by atoms with Gasteiger partial charge in [-0.2, -0.15) is 0 Å². The minimum absolute atomic E-state index is 0.0475. The van der Waals surface area contributed by atoms with Gasteiger partial charge in [-0.1, -0.05) is 12.1 Å². The van der Waals surface area contributed by atoms with Crippen LogP contribution in [-0.2, 0) is 16.6 Å². The molecule has 2 rings (SSSR count). The van der Waals surface area contributed by atoms with Gasteiger partial charge in [0.15, 0.2) is 0 Å². The molecule has 6 nitrogen and oxygen atoms in total. The summed E-state index contributed by atoms with van der Waals surface area (Å²) in [6, 6.07) is 7.21. The fourth-order valence-electron chi connectivity index (χ4n) is 1.43. The summed E-state index contributed by atoms with van der Waals surface area (Å²) in [6.45, 7) is 0.0585. The predicted molar refractivity (Wildman–Crippen MR) is 73.4 cm³/mol. The van der Waals surface area contributed by atoms with E-state index in [1.165, 1.54) is 17.5 Å². The molecule has 1 aromatic heterocycles. The summed E-state index contributed by atoms with van der Waals surface area (Å²) < 4.78 is 26.3. The van der Waals surface area contributed by atoms with Gasteiger partial charge in [-0.3, -0.25) is 0 Å². The van der Waals surface area contributed by atoms with E-state index in [1.807, 2.05) is 0 Å².